The summed E-state index contributed by atoms with van der Waals surface area (Å²) < 4.78 is 9.63. The van der Waals surface area contributed by atoms with Crippen molar-refractivity contribution >= 4 is 11.9 Å². The second-order valence-corrected chi connectivity index (χ2v) is 3.15. The molecular weight excluding hydrogens is 186 g/mol. The number of carbonyl (C=O) groups excluding carboxylic acids is 2. The van der Waals surface area contributed by atoms with E-state index in [1.807, 2.05) is 0 Å². The molecule has 1 atom stereocenters. The first-order chi connectivity index (χ1) is 6.74. The van der Waals surface area contributed by atoms with Gasteiger partial charge in [0.2, 0.25) is 5.91 Å². The summed E-state index contributed by atoms with van der Waals surface area (Å²) in [5.41, 5.74) is 0. The van der Waals surface area contributed by atoms with Gasteiger partial charge in [0.25, 0.3) is 0 Å². The van der Waals surface area contributed by atoms with E-state index >= 15 is 0 Å². The Bertz CT molecular complexity index is 211. The Balaban J connectivity index is 2.23. The Hall–Kier alpha value is -1.10. The van der Waals surface area contributed by atoms with Crippen molar-refractivity contribution in [3.63, 3.8) is 0 Å². The number of carbonyl (C=O) groups is 2. The number of methoxy groups -OCH3 is 1. The average Bonchev–Trinajstić information content (AvgIpc) is 2.26. The minimum atomic E-state index is -0.450. The van der Waals surface area contributed by atoms with Crippen molar-refractivity contribution in [1.82, 2.24) is 5.32 Å². The van der Waals surface area contributed by atoms with Crippen molar-refractivity contribution in [2.75, 3.05) is 20.3 Å². The Morgan fingerprint density at radius 3 is 2.86 bits per heavy atom. The zero-order valence-corrected chi connectivity index (χ0v) is 8.25. The number of esters is 1. The van der Waals surface area contributed by atoms with Crippen LogP contribution in [0.3, 0.4) is 0 Å². The van der Waals surface area contributed by atoms with E-state index in [2.05, 4.69) is 10.1 Å². The molecule has 1 fully saturated rings. The molecule has 0 aromatic carbocycles. The lowest BCUT2D eigenvalue weighted by Crippen LogP contribution is -2.40. The van der Waals surface area contributed by atoms with Crippen LogP contribution < -0.4 is 5.32 Å². The van der Waals surface area contributed by atoms with E-state index in [1.54, 1.807) is 0 Å². The number of nitrogens with one attached hydrogen (secondary N) is 1. The molecule has 0 aliphatic carbocycles. The second kappa shape index (κ2) is 5.59. The molecule has 1 unspecified atom stereocenters. The van der Waals surface area contributed by atoms with Crippen LogP contribution in [0, 0.1) is 0 Å². The highest BCUT2D eigenvalue weighted by molar-refractivity contribution is 5.84. The standard InChI is InChI=1S/C9H15NO4/c1-13-8(11)6-10-9(12)7-4-2-3-5-14-7/h7H,2-6H2,1H3,(H,10,12). The molecule has 80 valence electrons. The highest BCUT2D eigenvalue weighted by Gasteiger charge is 2.21. The van der Waals surface area contributed by atoms with Crippen LogP contribution >= 0.6 is 0 Å². The van der Waals surface area contributed by atoms with E-state index in [1.165, 1.54) is 7.11 Å². The molecule has 0 aromatic rings. The summed E-state index contributed by atoms with van der Waals surface area (Å²) in [5, 5.41) is 2.46. The van der Waals surface area contributed by atoms with Crippen molar-refractivity contribution in [2.45, 2.75) is 25.4 Å². The van der Waals surface area contributed by atoms with Gasteiger partial charge in [-0.1, -0.05) is 0 Å². The molecule has 0 aromatic heterocycles. The first kappa shape index (κ1) is 11.0. The molecule has 0 bridgehead atoms. The Morgan fingerprint density at radius 2 is 2.29 bits per heavy atom. The maximum absolute atomic E-state index is 11.4. The first-order valence-corrected chi connectivity index (χ1v) is 4.70. The summed E-state index contributed by atoms with van der Waals surface area (Å²) >= 11 is 0. The summed E-state index contributed by atoms with van der Waals surface area (Å²) in [6.07, 6.45) is 2.33. The van der Waals surface area contributed by atoms with E-state index in [-0.39, 0.29) is 12.5 Å². The number of ether oxygens (including phenoxy) is 2. The van der Waals surface area contributed by atoms with Crippen LogP contribution in [0.5, 0.6) is 0 Å². The molecule has 1 heterocycles. The van der Waals surface area contributed by atoms with E-state index in [4.69, 9.17) is 4.74 Å². The van der Waals surface area contributed by atoms with E-state index in [0.717, 1.165) is 19.3 Å². The quantitative estimate of drug-likeness (QED) is 0.645. The van der Waals surface area contributed by atoms with Crippen LogP contribution in [0.15, 0.2) is 0 Å². The first-order valence-electron chi connectivity index (χ1n) is 4.70. The minimum Gasteiger partial charge on any atom is -0.468 e. The second-order valence-electron chi connectivity index (χ2n) is 3.15. The third-order valence-corrected chi connectivity index (χ3v) is 2.11. The maximum Gasteiger partial charge on any atom is 0.325 e. The van der Waals surface area contributed by atoms with Gasteiger partial charge in [-0.15, -0.1) is 0 Å². The molecule has 0 radical (unpaired) electrons. The van der Waals surface area contributed by atoms with Gasteiger partial charge < -0.3 is 14.8 Å². The Morgan fingerprint density at radius 1 is 1.50 bits per heavy atom. The van der Waals surface area contributed by atoms with E-state index < -0.39 is 12.1 Å². The van der Waals surface area contributed by atoms with Crippen LogP contribution in [-0.4, -0.2) is 38.2 Å². The van der Waals surface area contributed by atoms with Crippen LogP contribution in [0.4, 0.5) is 0 Å². The summed E-state index contributed by atoms with van der Waals surface area (Å²) in [6, 6.07) is 0. The molecular formula is C9H15NO4. The van der Waals surface area contributed by atoms with Gasteiger partial charge in [-0.25, -0.2) is 0 Å². The highest BCUT2D eigenvalue weighted by atomic mass is 16.5. The number of hydrogen-bond acceptors (Lipinski definition) is 4. The number of rotatable bonds is 3. The molecule has 1 saturated heterocycles. The molecule has 14 heavy (non-hydrogen) atoms. The lowest BCUT2D eigenvalue weighted by Gasteiger charge is -2.21. The molecule has 5 heteroatoms. The smallest absolute Gasteiger partial charge is 0.325 e. The lowest BCUT2D eigenvalue weighted by atomic mass is 10.1. The Kier molecular flexibility index (Phi) is 4.39. The molecule has 1 rings (SSSR count). The number of hydrogen-bond donors (Lipinski definition) is 1. The van der Waals surface area contributed by atoms with Gasteiger partial charge in [-0.3, -0.25) is 9.59 Å². The fourth-order valence-electron chi connectivity index (χ4n) is 1.29. The highest BCUT2D eigenvalue weighted by Crippen LogP contribution is 2.12. The van der Waals surface area contributed by atoms with Crippen molar-refractivity contribution < 1.29 is 19.1 Å². The van der Waals surface area contributed by atoms with Crippen molar-refractivity contribution in [1.29, 1.82) is 0 Å². The Labute approximate surface area is 82.8 Å². The molecule has 1 aliphatic heterocycles. The van der Waals surface area contributed by atoms with Crippen molar-refractivity contribution in [2.24, 2.45) is 0 Å². The predicted octanol–water partition coefficient (Wildman–Crippen LogP) is -0.155. The monoisotopic (exact) mass is 201 g/mol. The fourth-order valence-corrected chi connectivity index (χ4v) is 1.29. The summed E-state index contributed by atoms with van der Waals surface area (Å²) in [4.78, 5) is 22.1. The topological polar surface area (TPSA) is 64.6 Å². The van der Waals surface area contributed by atoms with Gasteiger partial charge in [-0.2, -0.15) is 0 Å². The van der Waals surface area contributed by atoms with Crippen LogP contribution in [0.1, 0.15) is 19.3 Å². The molecule has 0 saturated carbocycles. The van der Waals surface area contributed by atoms with Crippen molar-refractivity contribution in [3.05, 3.63) is 0 Å². The molecule has 1 N–H and O–H groups in total. The summed E-state index contributed by atoms with van der Waals surface area (Å²) in [6.45, 7) is 0.533. The zero-order valence-electron chi connectivity index (χ0n) is 8.25. The summed E-state index contributed by atoms with van der Waals surface area (Å²) in [5.74, 6) is -0.677. The van der Waals surface area contributed by atoms with Gasteiger partial charge >= 0.3 is 5.97 Å². The van der Waals surface area contributed by atoms with Gasteiger partial charge in [0.05, 0.1) is 7.11 Å². The third-order valence-electron chi connectivity index (χ3n) is 2.11. The number of amides is 1. The molecule has 1 amide bonds. The normalized spacial score (nSPS) is 21.4. The molecule has 0 spiro atoms. The van der Waals surface area contributed by atoms with Gasteiger partial charge in [0.1, 0.15) is 12.6 Å². The van der Waals surface area contributed by atoms with Crippen LogP contribution in [0.25, 0.3) is 0 Å². The average molecular weight is 201 g/mol. The zero-order chi connectivity index (χ0) is 10.4. The van der Waals surface area contributed by atoms with E-state index in [9.17, 15) is 9.59 Å². The van der Waals surface area contributed by atoms with Crippen LogP contribution in [0.2, 0.25) is 0 Å². The molecule has 5 nitrogen and oxygen atoms in total. The third kappa shape index (κ3) is 3.33. The van der Waals surface area contributed by atoms with Gasteiger partial charge in [-0.05, 0) is 19.3 Å². The van der Waals surface area contributed by atoms with Crippen molar-refractivity contribution in [3.8, 4) is 0 Å². The minimum absolute atomic E-state index is 0.0881. The largest absolute Gasteiger partial charge is 0.468 e. The van der Waals surface area contributed by atoms with Gasteiger partial charge in [0.15, 0.2) is 0 Å². The fraction of sp³-hybridized carbons (Fsp3) is 0.778. The van der Waals surface area contributed by atoms with Crippen LogP contribution in [-0.2, 0) is 19.1 Å². The molecule has 1 aliphatic rings. The lowest BCUT2D eigenvalue weighted by molar-refractivity contribution is -0.143. The van der Waals surface area contributed by atoms with Gasteiger partial charge in [0, 0.05) is 6.61 Å². The maximum atomic E-state index is 11.4. The predicted molar refractivity (Wildman–Crippen MR) is 48.6 cm³/mol. The SMILES string of the molecule is COC(=O)CNC(=O)C1CCCCO1. The van der Waals surface area contributed by atoms with E-state index in [0.29, 0.717) is 6.61 Å². The summed E-state index contributed by atoms with van der Waals surface area (Å²) in [7, 11) is 1.28.